The molecule has 0 atom stereocenters. The van der Waals surface area contributed by atoms with Crippen LogP contribution in [0.3, 0.4) is 0 Å². The monoisotopic (exact) mass is 426 g/mol. The summed E-state index contributed by atoms with van der Waals surface area (Å²) in [5.74, 6) is 0.481. The first-order chi connectivity index (χ1) is 11.1. The Bertz CT molecular complexity index is 697. The van der Waals surface area contributed by atoms with Crippen molar-refractivity contribution in [3.05, 3.63) is 47.5 Å². The second-order valence-corrected chi connectivity index (χ2v) is 6.05. The van der Waals surface area contributed by atoms with Gasteiger partial charge in [0.2, 0.25) is 0 Å². The largest absolute Gasteiger partial charge is 0.493 e. The number of carboxylic acid groups (broad SMARTS) is 1. The normalized spacial score (nSPS) is 10.4. The highest BCUT2D eigenvalue weighted by Crippen LogP contribution is 2.33. The van der Waals surface area contributed by atoms with Crippen molar-refractivity contribution >= 4 is 28.6 Å². The fourth-order valence-electron chi connectivity index (χ4n) is 2.30. The van der Waals surface area contributed by atoms with E-state index in [1.165, 1.54) is 0 Å². The molecule has 0 fully saturated rings. The van der Waals surface area contributed by atoms with Gasteiger partial charge in [-0.15, -0.1) is 0 Å². The predicted molar refractivity (Wildman–Crippen MR) is 99.1 cm³/mol. The first-order valence-electron chi connectivity index (χ1n) is 7.36. The highest BCUT2D eigenvalue weighted by Gasteiger charge is 2.12. The molecule has 0 unspecified atom stereocenters. The van der Waals surface area contributed by atoms with Crippen LogP contribution in [0.15, 0.2) is 36.4 Å². The van der Waals surface area contributed by atoms with Crippen molar-refractivity contribution in [2.75, 3.05) is 17.6 Å². The summed E-state index contributed by atoms with van der Waals surface area (Å²) in [6, 6.07) is 10.9. The number of alkyl halides is 1. The fourth-order valence-corrected chi connectivity index (χ4v) is 2.52. The summed E-state index contributed by atoms with van der Waals surface area (Å²) in [5.41, 5.74) is 3.11. The Morgan fingerprint density at radius 1 is 1.13 bits per heavy atom. The SMILES string of the molecule is CCOc1cc(C(=O)O)ccc1-c1ccc(OCCI)c(C)c1. The van der Waals surface area contributed by atoms with Crippen molar-refractivity contribution in [3.8, 4) is 22.6 Å². The van der Waals surface area contributed by atoms with Gasteiger partial charge in [0.1, 0.15) is 11.5 Å². The zero-order chi connectivity index (χ0) is 16.8. The highest BCUT2D eigenvalue weighted by molar-refractivity contribution is 14.1. The minimum atomic E-state index is -0.962. The van der Waals surface area contributed by atoms with Crippen molar-refractivity contribution < 1.29 is 19.4 Å². The van der Waals surface area contributed by atoms with E-state index in [4.69, 9.17) is 14.6 Å². The van der Waals surface area contributed by atoms with Crippen molar-refractivity contribution in [2.45, 2.75) is 13.8 Å². The van der Waals surface area contributed by atoms with Gasteiger partial charge < -0.3 is 14.6 Å². The number of hydrogen-bond donors (Lipinski definition) is 1. The topological polar surface area (TPSA) is 55.8 Å². The highest BCUT2D eigenvalue weighted by atomic mass is 127. The molecule has 0 spiro atoms. The average molecular weight is 426 g/mol. The number of hydrogen-bond acceptors (Lipinski definition) is 3. The number of aryl methyl sites for hydroxylation is 1. The molecule has 122 valence electrons. The molecule has 0 aliphatic carbocycles. The molecule has 1 N–H and O–H groups in total. The van der Waals surface area contributed by atoms with Gasteiger partial charge in [-0.2, -0.15) is 0 Å². The molecule has 0 aromatic heterocycles. The number of aromatic carboxylic acids is 1. The van der Waals surface area contributed by atoms with Gasteiger partial charge in [-0.05, 0) is 55.3 Å². The van der Waals surface area contributed by atoms with E-state index in [1.807, 2.05) is 32.0 Å². The van der Waals surface area contributed by atoms with E-state index in [-0.39, 0.29) is 5.56 Å². The Morgan fingerprint density at radius 2 is 1.91 bits per heavy atom. The lowest BCUT2D eigenvalue weighted by Crippen LogP contribution is -2.01. The second kappa shape index (κ2) is 8.19. The summed E-state index contributed by atoms with van der Waals surface area (Å²) in [6.07, 6.45) is 0. The Labute approximate surface area is 149 Å². The lowest BCUT2D eigenvalue weighted by Gasteiger charge is -2.14. The van der Waals surface area contributed by atoms with E-state index in [1.54, 1.807) is 18.2 Å². The van der Waals surface area contributed by atoms with Gasteiger partial charge in [-0.3, -0.25) is 0 Å². The van der Waals surface area contributed by atoms with E-state index in [2.05, 4.69) is 22.6 Å². The molecule has 0 saturated carbocycles. The van der Waals surface area contributed by atoms with Crippen LogP contribution < -0.4 is 9.47 Å². The van der Waals surface area contributed by atoms with Crippen LogP contribution in [-0.2, 0) is 0 Å². The van der Waals surface area contributed by atoms with Crippen molar-refractivity contribution in [3.63, 3.8) is 0 Å². The van der Waals surface area contributed by atoms with Crippen LogP contribution >= 0.6 is 22.6 Å². The van der Waals surface area contributed by atoms with Crippen molar-refractivity contribution in [1.82, 2.24) is 0 Å². The molecule has 4 nitrogen and oxygen atoms in total. The molecule has 23 heavy (non-hydrogen) atoms. The maximum atomic E-state index is 11.1. The minimum Gasteiger partial charge on any atom is -0.493 e. The molecule has 0 saturated heterocycles. The summed E-state index contributed by atoms with van der Waals surface area (Å²) in [7, 11) is 0. The molecule has 2 rings (SSSR count). The van der Waals surface area contributed by atoms with Crippen LogP contribution in [0.2, 0.25) is 0 Å². The zero-order valence-corrected chi connectivity index (χ0v) is 15.3. The zero-order valence-electron chi connectivity index (χ0n) is 13.1. The van der Waals surface area contributed by atoms with Crippen molar-refractivity contribution in [2.24, 2.45) is 0 Å². The summed E-state index contributed by atoms with van der Waals surface area (Å²) < 4.78 is 12.2. The van der Waals surface area contributed by atoms with Gasteiger partial charge in [0.15, 0.2) is 0 Å². The summed E-state index contributed by atoms with van der Waals surface area (Å²) in [6.45, 7) is 5.03. The molecular formula is C18H19IO4. The molecule has 2 aromatic carbocycles. The Kier molecular flexibility index (Phi) is 6.27. The summed E-state index contributed by atoms with van der Waals surface area (Å²) in [5, 5.41) is 9.13. The average Bonchev–Trinajstić information content (AvgIpc) is 2.54. The van der Waals surface area contributed by atoms with Gasteiger partial charge >= 0.3 is 5.97 Å². The number of ether oxygens (including phenoxy) is 2. The first kappa shape index (κ1) is 17.6. The number of halogens is 1. The van der Waals surface area contributed by atoms with Crippen LogP contribution in [0.4, 0.5) is 0 Å². The molecule has 0 heterocycles. The van der Waals surface area contributed by atoms with Crippen LogP contribution in [0.25, 0.3) is 11.1 Å². The third-order valence-corrected chi connectivity index (χ3v) is 3.79. The van der Waals surface area contributed by atoms with E-state index < -0.39 is 5.97 Å². The molecule has 2 aromatic rings. The summed E-state index contributed by atoms with van der Waals surface area (Å²) in [4.78, 5) is 11.1. The number of rotatable bonds is 7. The van der Waals surface area contributed by atoms with Gasteiger partial charge in [0, 0.05) is 9.99 Å². The third kappa shape index (κ3) is 4.37. The first-order valence-corrected chi connectivity index (χ1v) is 8.89. The molecular weight excluding hydrogens is 407 g/mol. The predicted octanol–water partition coefficient (Wildman–Crippen LogP) is 4.57. The second-order valence-electron chi connectivity index (χ2n) is 4.97. The Hall–Kier alpha value is -1.76. The van der Waals surface area contributed by atoms with E-state index >= 15 is 0 Å². The quantitative estimate of drug-likeness (QED) is 0.521. The van der Waals surface area contributed by atoms with Crippen molar-refractivity contribution in [1.29, 1.82) is 0 Å². The lowest BCUT2D eigenvalue weighted by molar-refractivity contribution is 0.0696. The Balaban J connectivity index is 2.40. The van der Waals surface area contributed by atoms with E-state index in [0.29, 0.717) is 19.0 Å². The molecule has 0 aliphatic heterocycles. The third-order valence-electron chi connectivity index (χ3n) is 3.35. The van der Waals surface area contributed by atoms with Gasteiger partial charge in [-0.1, -0.05) is 28.7 Å². The molecule has 0 amide bonds. The molecule has 0 bridgehead atoms. The Morgan fingerprint density at radius 3 is 2.52 bits per heavy atom. The van der Waals surface area contributed by atoms with Gasteiger partial charge in [0.25, 0.3) is 0 Å². The molecule has 0 radical (unpaired) electrons. The van der Waals surface area contributed by atoms with E-state index in [9.17, 15) is 4.79 Å². The fraction of sp³-hybridized carbons (Fsp3) is 0.278. The number of carbonyl (C=O) groups is 1. The standard InChI is InChI=1S/C18H19IO4/c1-3-22-17-11-14(18(20)21)4-6-15(17)13-5-7-16(12(2)10-13)23-9-8-19/h4-7,10-11H,3,8-9H2,1-2H3,(H,20,21). The summed E-state index contributed by atoms with van der Waals surface area (Å²) >= 11 is 2.27. The van der Waals surface area contributed by atoms with Crippen LogP contribution in [0.1, 0.15) is 22.8 Å². The lowest BCUT2D eigenvalue weighted by atomic mass is 10.0. The van der Waals surface area contributed by atoms with Gasteiger partial charge in [-0.25, -0.2) is 4.79 Å². The maximum absolute atomic E-state index is 11.1. The van der Waals surface area contributed by atoms with E-state index in [0.717, 1.165) is 26.9 Å². The number of benzene rings is 2. The van der Waals surface area contributed by atoms with Crippen LogP contribution in [0, 0.1) is 6.92 Å². The van der Waals surface area contributed by atoms with Crippen LogP contribution in [-0.4, -0.2) is 28.7 Å². The maximum Gasteiger partial charge on any atom is 0.335 e. The smallest absolute Gasteiger partial charge is 0.335 e. The van der Waals surface area contributed by atoms with Crippen LogP contribution in [0.5, 0.6) is 11.5 Å². The van der Waals surface area contributed by atoms with Gasteiger partial charge in [0.05, 0.1) is 18.8 Å². The minimum absolute atomic E-state index is 0.218. The molecule has 5 heteroatoms. The number of carboxylic acids is 1. The molecule has 0 aliphatic rings.